The molecule has 18 heavy (non-hydrogen) atoms. The Kier molecular flexibility index (Phi) is 4.63. The average Bonchev–Trinajstić information content (AvgIpc) is 2.38. The predicted molar refractivity (Wildman–Crippen MR) is 74.1 cm³/mol. The molecule has 1 saturated carbocycles. The number of rotatable bonds is 3. The molecule has 1 nitrogen and oxygen atoms in total. The Labute approximate surface area is 114 Å². The topological polar surface area (TPSA) is 26.0 Å². The molecule has 0 bridgehead atoms. The molecule has 0 radical (unpaired) electrons. The number of halogens is 2. The fourth-order valence-electron chi connectivity index (χ4n) is 3.09. The van der Waals surface area contributed by atoms with Gasteiger partial charge in [0.1, 0.15) is 5.82 Å². The molecule has 1 aromatic carbocycles. The monoisotopic (exact) mass is 269 g/mol. The van der Waals surface area contributed by atoms with Crippen LogP contribution in [-0.4, -0.2) is 0 Å². The highest BCUT2D eigenvalue weighted by Crippen LogP contribution is 2.39. The molecule has 0 spiro atoms. The van der Waals surface area contributed by atoms with E-state index in [0.29, 0.717) is 16.5 Å². The van der Waals surface area contributed by atoms with E-state index in [1.54, 1.807) is 12.1 Å². The van der Waals surface area contributed by atoms with Gasteiger partial charge in [0, 0.05) is 16.6 Å². The van der Waals surface area contributed by atoms with Gasteiger partial charge in [-0.2, -0.15) is 0 Å². The third kappa shape index (κ3) is 2.86. The first-order chi connectivity index (χ1) is 8.63. The van der Waals surface area contributed by atoms with Gasteiger partial charge in [0.15, 0.2) is 0 Å². The first-order valence-corrected chi connectivity index (χ1v) is 7.20. The molecule has 100 valence electrons. The van der Waals surface area contributed by atoms with Crippen molar-refractivity contribution in [2.75, 3.05) is 0 Å². The van der Waals surface area contributed by atoms with Crippen LogP contribution in [0.15, 0.2) is 18.2 Å². The Balaban J connectivity index is 2.17. The quantitative estimate of drug-likeness (QED) is 0.846. The molecule has 0 aliphatic heterocycles. The summed E-state index contributed by atoms with van der Waals surface area (Å²) >= 11 is 6.09. The zero-order valence-corrected chi connectivity index (χ0v) is 11.6. The SMILES string of the molecule is CCC1CCCC(C(N)c2c(F)cccc2Cl)C1. The third-order valence-corrected chi connectivity index (χ3v) is 4.57. The minimum Gasteiger partial charge on any atom is -0.324 e. The summed E-state index contributed by atoms with van der Waals surface area (Å²) in [5.41, 5.74) is 6.76. The summed E-state index contributed by atoms with van der Waals surface area (Å²) in [7, 11) is 0. The largest absolute Gasteiger partial charge is 0.324 e. The van der Waals surface area contributed by atoms with Crippen molar-refractivity contribution in [3.8, 4) is 0 Å². The van der Waals surface area contributed by atoms with E-state index in [2.05, 4.69) is 6.92 Å². The van der Waals surface area contributed by atoms with Crippen LogP contribution < -0.4 is 5.73 Å². The summed E-state index contributed by atoms with van der Waals surface area (Å²) in [5, 5.41) is 0.459. The number of benzene rings is 1. The first kappa shape index (κ1) is 13.8. The van der Waals surface area contributed by atoms with Crippen molar-refractivity contribution in [1.29, 1.82) is 0 Å². The van der Waals surface area contributed by atoms with Crippen molar-refractivity contribution in [1.82, 2.24) is 0 Å². The maximum atomic E-state index is 13.9. The van der Waals surface area contributed by atoms with E-state index in [9.17, 15) is 4.39 Å². The van der Waals surface area contributed by atoms with Gasteiger partial charge in [-0.25, -0.2) is 4.39 Å². The van der Waals surface area contributed by atoms with Crippen LogP contribution in [0, 0.1) is 17.7 Å². The number of hydrogen-bond donors (Lipinski definition) is 1. The van der Waals surface area contributed by atoms with E-state index in [-0.39, 0.29) is 11.9 Å². The molecule has 0 heterocycles. The fourth-order valence-corrected chi connectivity index (χ4v) is 3.38. The van der Waals surface area contributed by atoms with E-state index in [4.69, 9.17) is 17.3 Å². The summed E-state index contributed by atoms with van der Waals surface area (Å²) in [5.74, 6) is 0.826. The normalized spacial score (nSPS) is 26.0. The van der Waals surface area contributed by atoms with E-state index in [0.717, 1.165) is 18.8 Å². The average molecular weight is 270 g/mol. The molecular weight excluding hydrogens is 249 g/mol. The standard InChI is InChI=1S/C15H21ClFN/c1-2-10-5-3-6-11(9-10)15(18)14-12(16)7-4-8-13(14)17/h4,7-8,10-11,15H,2-3,5-6,9,18H2,1H3. The molecule has 3 atom stereocenters. The lowest BCUT2D eigenvalue weighted by Gasteiger charge is -2.33. The smallest absolute Gasteiger partial charge is 0.129 e. The lowest BCUT2D eigenvalue weighted by atomic mass is 9.75. The molecule has 3 heteroatoms. The van der Waals surface area contributed by atoms with Crippen molar-refractivity contribution in [3.63, 3.8) is 0 Å². The third-order valence-electron chi connectivity index (χ3n) is 4.24. The van der Waals surface area contributed by atoms with Crippen molar-refractivity contribution in [2.24, 2.45) is 17.6 Å². The predicted octanol–water partition coefficient (Wildman–Crippen LogP) is 4.70. The minimum absolute atomic E-state index is 0.270. The molecule has 3 unspecified atom stereocenters. The molecule has 1 aromatic rings. The van der Waals surface area contributed by atoms with Crippen molar-refractivity contribution in [2.45, 2.75) is 45.1 Å². The molecule has 1 aliphatic rings. The van der Waals surface area contributed by atoms with Crippen LogP contribution in [0.1, 0.15) is 50.6 Å². The van der Waals surface area contributed by atoms with Crippen LogP contribution in [0.3, 0.4) is 0 Å². The number of nitrogens with two attached hydrogens (primary N) is 1. The second-order valence-corrected chi connectivity index (χ2v) is 5.77. The first-order valence-electron chi connectivity index (χ1n) is 6.83. The molecular formula is C15H21ClFN. The Hall–Kier alpha value is -0.600. The summed E-state index contributed by atoms with van der Waals surface area (Å²) in [4.78, 5) is 0. The molecule has 0 aromatic heterocycles. The zero-order valence-electron chi connectivity index (χ0n) is 10.8. The van der Waals surface area contributed by atoms with Crippen molar-refractivity contribution >= 4 is 11.6 Å². The van der Waals surface area contributed by atoms with Crippen LogP contribution >= 0.6 is 11.6 Å². The van der Waals surface area contributed by atoms with Gasteiger partial charge in [-0.15, -0.1) is 0 Å². The summed E-state index contributed by atoms with van der Waals surface area (Å²) in [6.45, 7) is 2.22. The van der Waals surface area contributed by atoms with Crippen LogP contribution in [-0.2, 0) is 0 Å². The molecule has 2 N–H and O–H groups in total. The molecule has 1 aliphatic carbocycles. The van der Waals surface area contributed by atoms with Gasteiger partial charge >= 0.3 is 0 Å². The molecule has 0 saturated heterocycles. The van der Waals surface area contributed by atoms with Crippen molar-refractivity contribution in [3.05, 3.63) is 34.6 Å². The van der Waals surface area contributed by atoms with E-state index < -0.39 is 0 Å². The van der Waals surface area contributed by atoms with Crippen LogP contribution in [0.5, 0.6) is 0 Å². The van der Waals surface area contributed by atoms with Gasteiger partial charge in [0.25, 0.3) is 0 Å². The number of hydrogen-bond acceptors (Lipinski definition) is 1. The van der Waals surface area contributed by atoms with Gasteiger partial charge in [-0.1, -0.05) is 43.9 Å². The van der Waals surface area contributed by atoms with Crippen LogP contribution in [0.4, 0.5) is 4.39 Å². The highest BCUT2D eigenvalue weighted by atomic mass is 35.5. The Morgan fingerprint density at radius 3 is 2.89 bits per heavy atom. The van der Waals surface area contributed by atoms with Gasteiger partial charge in [0.2, 0.25) is 0 Å². The Bertz CT molecular complexity index is 387. The summed E-state index contributed by atoms with van der Waals surface area (Å²) in [6.07, 6.45) is 5.85. The summed E-state index contributed by atoms with van der Waals surface area (Å²) < 4.78 is 13.9. The minimum atomic E-state index is -0.270. The van der Waals surface area contributed by atoms with Gasteiger partial charge < -0.3 is 5.73 Å². The maximum Gasteiger partial charge on any atom is 0.129 e. The molecule has 0 amide bonds. The fraction of sp³-hybridized carbons (Fsp3) is 0.600. The Morgan fingerprint density at radius 2 is 2.22 bits per heavy atom. The van der Waals surface area contributed by atoms with Gasteiger partial charge in [-0.05, 0) is 36.8 Å². The van der Waals surface area contributed by atoms with Crippen molar-refractivity contribution < 1.29 is 4.39 Å². The van der Waals surface area contributed by atoms with E-state index in [1.807, 2.05) is 0 Å². The highest BCUT2D eigenvalue weighted by Gasteiger charge is 2.29. The Morgan fingerprint density at radius 1 is 1.44 bits per heavy atom. The van der Waals surface area contributed by atoms with E-state index in [1.165, 1.54) is 25.3 Å². The molecule has 1 fully saturated rings. The second-order valence-electron chi connectivity index (χ2n) is 5.36. The van der Waals surface area contributed by atoms with Gasteiger partial charge in [-0.3, -0.25) is 0 Å². The second kappa shape index (κ2) is 6.03. The van der Waals surface area contributed by atoms with Crippen LogP contribution in [0.25, 0.3) is 0 Å². The van der Waals surface area contributed by atoms with Gasteiger partial charge in [0.05, 0.1) is 0 Å². The maximum absolute atomic E-state index is 13.9. The van der Waals surface area contributed by atoms with Crippen LogP contribution in [0.2, 0.25) is 5.02 Å². The van der Waals surface area contributed by atoms with E-state index >= 15 is 0 Å². The zero-order chi connectivity index (χ0) is 13.1. The molecule has 2 rings (SSSR count). The highest BCUT2D eigenvalue weighted by molar-refractivity contribution is 6.31. The summed E-state index contributed by atoms with van der Waals surface area (Å²) in [6, 6.07) is 4.53. The lowest BCUT2D eigenvalue weighted by Crippen LogP contribution is -2.27. The lowest BCUT2D eigenvalue weighted by molar-refractivity contribution is 0.228.